The van der Waals surface area contributed by atoms with Gasteiger partial charge in [-0.1, -0.05) is 0 Å². The summed E-state index contributed by atoms with van der Waals surface area (Å²) in [5.74, 6) is -3.25. The van der Waals surface area contributed by atoms with E-state index in [1.807, 2.05) is 0 Å². The van der Waals surface area contributed by atoms with Gasteiger partial charge in [0.25, 0.3) is 5.92 Å². The maximum Gasteiger partial charge on any atom is 0.292 e. The minimum absolute atomic E-state index is 0.140. The van der Waals surface area contributed by atoms with Gasteiger partial charge in [-0.15, -0.1) is 0 Å². The molecule has 1 radical (unpaired) electrons. The van der Waals surface area contributed by atoms with E-state index in [0.29, 0.717) is 13.1 Å². The minimum atomic E-state index is -3.25. The molecule has 1 atom stereocenters. The molecular formula is C8H14F3N2. The van der Waals surface area contributed by atoms with Crippen LogP contribution in [0.4, 0.5) is 13.2 Å². The molecule has 5 heteroatoms. The number of nitrogens with one attached hydrogen (secondary N) is 1. The van der Waals surface area contributed by atoms with E-state index in [2.05, 4.69) is 5.32 Å². The number of halogens is 3. The van der Waals surface area contributed by atoms with Gasteiger partial charge >= 0.3 is 0 Å². The smallest absolute Gasteiger partial charge is 0.292 e. The molecule has 2 nitrogen and oxygen atoms in total. The van der Waals surface area contributed by atoms with Crippen molar-refractivity contribution < 1.29 is 13.2 Å². The van der Waals surface area contributed by atoms with Crippen molar-refractivity contribution in [2.24, 2.45) is 0 Å². The molecule has 0 saturated carbocycles. The summed E-state index contributed by atoms with van der Waals surface area (Å²) in [6.45, 7) is 3.01. The van der Waals surface area contributed by atoms with Crippen LogP contribution >= 0.6 is 0 Å². The predicted molar refractivity (Wildman–Crippen MR) is 44.3 cm³/mol. The summed E-state index contributed by atoms with van der Waals surface area (Å²) in [4.78, 5) is 1.50. The van der Waals surface area contributed by atoms with E-state index in [-0.39, 0.29) is 6.54 Å². The number of rotatable bonds is 3. The highest BCUT2D eigenvalue weighted by molar-refractivity contribution is 4.92. The maximum atomic E-state index is 13.0. The first-order chi connectivity index (χ1) is 6.11. The Kier molecular flexibility index (Phi) is 3.55. The summed E-state index contributed by atoms with van der Waals surface area (Å²) in [6.07, 6.45) is 0. The zero-order valence-corrected chi connectivity index (χ0v) is 7.56. The van der Waals surface area contributed by atoms with Crippen LogP contribution < -0.4 is 5.32 Å². The van der Waals surface area contributed by atoms with Gasteiger partial charge < -0.3 is 5.32 Å². The van der Waals surface area contributed by atoms with Gasteiger partial charge in [-0.25, -0.2) is 13.2 Å². The molecule has 1 saturated heterocycles. The number of hydrogen-bond acceptors (Lipinski definition) is 2. The van der Waals surface area contributed by atoms with Crippen molar-refractivity contribution in [1.82, 2.24) is 10.2 Å². The molecule has 1 unspecified atom stereocenters. The Bertz CT molecular complexity index is 163. The highest BCUT2D eigenvalue weighted by atomic mass is 19.3. The third-order valence-corrected chi connectivity index (χ3v) is 2.28. The lowest BCUT2D eigenvalue weighted by atomic mass is 10.1. The van der Waals surface area contributed by atoms with Crippen molar-refractivity contribution >= 4 is 0 Å². The van der Waals surface area contributed by atoms with Crippen LogP contribution in [0.3, 0.4) is 0 Å². The summed E-state index contributed by atoms with van der Waals surface area (Å²) in [5.41, 5.74) is 0. The highest BCUT2D eigenvalue weighted by Gasteiger charge is 2.43. The minimum Gasteiger partial charge on any atom is -0.314 e. The number of nitrogens with zero attached hydrogens (tertiary/aromatic N) is 1. The van der Waals surface area contributed by atoms with E-state index in [1.54, 1.807) is 13.5 Å². The lowest BCUT2D eigenvalue weighted by Gasteiger charge is -2.38. The standard InChI is InChI=1S/C8H14F3N2/c1-2-13-4-3-12-5-7(13)8(10,11)6-9/h2,7,12H,3-6H2,1H3. The van der Waals surface area contributed by atoms with Gasteiger partial charge in [-0.3, -0.25) is 4.90 Å². The van der Waals surface area contributed by atoms with Gasteiger partial charge in [0.05, 0.1) is 6.04 Å². The van der Waals surface area contributed by atoms with Crippen LogP contribution in [0, 0.1) is 6.54 Å². The molecule has 0 spiro atoms. The van der Waals surface area contributed by atoms with E-state index in [4.69, 9.17) is 0 Å². The Hall–Kier alpha value is -0.290. The molecule has 1 aliphatic rings. The van der Waals surface area contributed by atoms with E-state index in [0.717, 1.165) is 0 Å². The lowest BCUT2D eigenvalue weighted by molar-refractivity contribution is -0.0944. The Balaban J connectivity index is 2.63. The zero-order chi connectivity index (χ0) is 9.90. The molecular weight excluding hydrogens is 181 g/mol. The molecule has 0 amide bonds. The summed E-state index contributed by atoms with van der Waals surface area (Å²) >= 11 is 0. The van der Waals surface area contributed by atoms with Crippen LogP contribution in [0.2, 0.25) is 0 Å². The van der Waals surface area contributed by atoms with Crippen LogP contribution in [0.25, 0.3) is 0 Å². The van der Waals surface area contributed by atoms with Gasteiger partial charge in [-0.05, 0) is 6.92 Å². The van der Waals surface area contributed by atoms with Crippen LogP contribution in [0.5, 0.6) is 0 Å². The van der Waals surface area contributed by atoms with Gasteiger partial charge in [0.2, 0.25) is 0 Å². The zero-order valence-electron chi connectivity index (χ0n) is 7.56. The monoisotopic (exact) mass is 195 g/mol. The Labute approximate surface area is 76.1 Å². The van der Waals surface area contributed by atoms with Gasteiger partial charge in [0.1, 0.15) is 0 Å². The maximum absolute atomic E-state index is 13.0. The summed E-state index contributed by atoms with van der Waals surface area (Å²) in [7, 11) is 0. The quantitative estimate of drug-likeness (QED) is 0.724. The van der Waals surface area contributed by atoms with E-state index < -0.39 is 18.6 Å². The summed E-state index contributed by atoms with van der Waals surface area (Å²) in [6, 6.07) is -1.05. The molecule has 0 aliphatic carbocycles. The first-order valence-corrected chi connectivity index (χ1v) is 4.31. The molecule has 1 aliphatic heterocycles. The van der Waals surface area contributed by atoms with Crippen molar-refractivity contribution in [3.8, 4) is 0 Å². The molecule has 1 heterocycles. The van der Waals surface area contributed by atoms with Gasteiger partial charge in [0.15, 0.2) is 6.67 Å². The van der Waals surface area contributed by atoms with Crippen LogP contribution in [-0.4, -0.2) is 43.2 Å². The summed E-state index contributed by atoms with van der Waals surface area (Å²) < 4.78 is 38.0. The normalized spacial score (nSPS) is 26.3. The van der Waals surface area contributed by atoms with Gasteiger partial charge in [-0.2, -0.15) is 0 Å². The molecule has 0 aromatic heterocycles. The molecule has 13 heavy (non-hydrogen) atoms. The van der Waals surface area contributed by atoms with Crippen molar-refractivity contribution in [2.75, 3.05) is 26.3 Å². The van der Waals surface area contributed by atoms with E-state index >= 15 is 0 Å². The first kappa shape index (κ1) is 10.8. The highest BCUT2D eigenvalue weighted by Crippen LogP contribution is 2.25. The Morgan fingerprint density at radius 1 is 1.62 bits per heavy atom. The van der Waals surface area contributed by atoms with Crippen molar-refractivity contribution in [3.63, 3.8) is 0 Å². The topological polar surface area (TPSA) is 15.3 Å². The molecule has 1 rings (SSSR count). The first-order valence-electron chi connectivity index (χ1n) is 4.31. The second-order valence-electron chi connectivity index (χ2n) is 3.11. The predicted octanol–water partition coefficient (Wildman–Crippen LogP) is 1.05. The van der Waals surface area contributed by atoms with E-state index in [9.17, 15) is 13.2 Å². The average molecular weight is 195 g/mol. The second kappa shape index (κ2) is 4.28. The van der Waals surface area contributed by atoms with Crippen LogP contribution in [0.1, 0.15) is 6.92 Å². The van der Waals surface area contributed by atoms with Crippen LogP contribution in [0.15, 0.2) is 0 Å². The van der Waals surface area contributed by atoms with Crippen molar-refractivity contribution in [3.05, 3.63) is 6.54 Å². The summed E-state index contributed by atoms with van der Waals surface area (Å²) in [5, 5.41) is 2.83. The SMILES string of the molecule is C[CH]N1CCNCC1C(F)(F)CF. The number of alkyl halides is 3. The molecule has 0 aromatic rings. The van der Waals surface area contributed by atoms with Gasteiger partial charge in [0, 0.05) is 26.2 Å². The molecule has 0 bridgehead atoms. The fourth-order valence-electron chi connectivity index (χ4n) is 1.51. The molecule has 77 valence electrons. The van der Waals surface area contributed by atoms with Crippen molar-refractivity contribution in [2.45, 2.75) is 18.9 Å². The number of piperazine rings is 1. The largest absolute Gasteiger partial charge is 0.314 e. The fourth-order valence-corrected chi connectivity index (χ4v) is 1.51. The Morgan fingerprint density at radius 2 is 2.31 bits per heavy atom. The van der Waals surface area contributed by atoms with Crippen LogP contribution in [-0.2, 0) is 0 Å². The Morgan fingerprint density at radius 3 is 2.85 bits per heavy atom. The van der Waals surface area contributed by atoms with Crippen molar-refractivity contribution in [1.29, 1.82) is 0 Å². The average Bonchev–Trinajstić information content (AvgIpc) is 2.18. The molecule has 0 aromatic carbocycles. The third kappa shape index (κ3) is 2.34. The lowest BCUT2D eigenvalue weighted by Crippen LogP contribution is -2.58. The fraction of sp³-hybridized carbons (Fsp3) is 0.875. The molecule has 1 fully saturated rings. The molecule has 1 N–H and O–H groups in total. The second-order valence-corrected chi connectivity index (χ2v) is 3.11. The van der Waals surface area contributed by atoms with E-state index in [1.165, 1.54) is 4.90 Å². The third-order valence-electron chi connectivity index (χ3n) is 2.28. The number of hydrogen-bond donors (Lipinski definition) is 1.